The fraction of sp³-hybridized carbons (Fsp3) is 0.333. The molecule has 25 heavy (non-hydrogen) atoms. The van der Waals surface area contributed by atoms with E-state index in [1.165, 1.54) is 28.2 Å². The van der Waals surface area contributed by atoms with E-state index in [1.807, 2.05) is 12.1 Å². The lowest BCUT2D eigenvalue weighted by molar-refractivity contribution is -0.132. The Kier molecular flexibility index (Phi) is 3.63. The van der Waals surface area contributed by atoms with E-state index < -0.39 is 0 Å². The minimum absolute atomic E-state index is 0.0220. The largest absolute Gasteiger partial charge is 0.337 e. The Hall–Kier alpha value is -2.96. The van der Waals surface area contributed by atoms with E-state index in [2.05, 4.69) is 22.2 Å². The summed E-state index contributed by atoms with van der Waals surface area (Å²) in [6.45, 7) is -0.0220. The molecule has 7 heteroatoms. The van der Waals surface area contributed by atoms with Crippen molar-refractivity contribution < 1.29 is 4.79 Å². The first-order valence-electron chi connectivity index (χ1n) is 8.27. The first-order valence-corrected chi connectivity index (χ1v) is 8.27. The minimum Gasteiger partial charge on any atom is -0.337 e. The third-order valence-electron chi connectivity index (χ3n) is 4.99. The molecular weight excluding hydrogens is 318 g/mol. The average Bonchev–Trinajstić information content (AvgIpc) is 3.21. The third kappa shape index (κ3) is 2.52. The van der Waals surface area contributed by atoms with Crippen LogP contribution in [0.25, 0.3) is 11.0 Å². The molecule has 3 aromatic rings. The molecule has 0 saturated carbocycles. The van der Waals surface area contributed by atoms with Gasteiger partial charge in [0.1, 0.15) is 18.3 Å². The lowest BCUT2D eigenvalue weighted by Crippen LogP contribution is -2.35. The van der Waals surface area contributed by atoms with Gasteiger partial charge in [-0.05, 0) is 24.0 Å². The van der Waals surface area contributed by atoms with Gasteiger partial charge < -0.3 is 4.90 Å². The van der Waals surface area contributed by atoms with Gasteiger partial charge in [-0.3, -0.25) is 18.8 Å². The van der Waals surface area contributed by atoms with Crippen LogP contribution in [-0.2, 0) is 24.8 Å². The highest BCUT2D eigenvalue weighted by molar-refractivity contribution is 5.77. The zero-order chi connectivity index (χ0) is 17.6. The summed E-state index contributed by atoms with van der Waals surface area (Å²) in [4.78, 5) is 31.2. The summed E-state index contributed by atoms with van der Waals surface area (Å²) in [5.74, 6) is -0.103. The summed E-state index contributed by atoms with van der Waals surface area (Å²) in [5, 5.41) is 4.47. The second-order valence-corrected chi connectivity index (χ2v) is 6.44. The molecule has 0 radical (unpaired) electrons. The van der Waals surface area contributed by atoms with E-state index in [0.29, 0.717) is 11.0 Å². The normalized spacial score (nSPS) is 16.2. The van der Waals surface area contributed by atoms with Crippen LogP contribution in [0.5, 0.6) is 0 Å². The van der Waals surface area contributed by atoms with Gasteiger partial charge in [-0.25, -0.2) is 4.98 Å². The van der Waals surface area contributed by atoms with Crippen molar-refractivity contribution in [1.29, 1.82) is 0 Å². The van der Waals surface area contributed by atoms with Crippen LogP contribution in [0.4, 0.5) is 0 Å². The summed E-state index contributed by atoms with van der Waals surface area (Å²) in [7, 11) is 3.53. The summed E-state index contributed by atoms with van der Waals surface area (Å²) < 4.78 is 2.90. The van der Waals surface area contributed by atoms with Gasteiger partial charge in [0.25, 0.3) is 5.56 Å². The molecular formula is C18H19N5O2. The van der Waals surface area contributed by atoms with Gasteiger partial charge in [-0.15, -0.1) is 0 Å². The van der Waals surface area contributed by atoms with Gasteiger partial charge in [-0.2, -0.15) is 5.10 Å². The molecule has 4 rings (SSSR count). The molecule has 1 aliphatic rings. The number of benzene rings is 1. The molecule has 0 saturated heterocycles. The summed E-state index contributed by atoms with van der Waals surface area (Å²) in [6.07, 6.45) is 4.79. The van der Waals surface area contributed by atoms with Crippen LogP contribution >= 0.6 is 0 Å². The number of amides is 1. The molecule has 0 fully saturated rings. The fourth-order valence-electron chi connectivity index (χ4n) is 3.55. The highest BCUT2D eigenvalue weighted by Gasteiger charge is 2.28. The van der Waals surface area contributed by atoms with Crippen LogP contribution in [0.3, 0.4) is 0 Å². The van der Waals surface area contributed by atoms with Crippen molar-refractivity contribution in [2.45, 2.75) is 25.4 Å². The quantitative estimate of drug-likeness (QED) is 0.722. The van der Waals surface area contributed by atoms with Crippen LogP contribution < -0.4 is 5.56 Å². The van der Waals surface area contributed by atoms with Gasteiger partial charge in [0.15, 0.2) is 5.65 Å². The number of carbonyl (C=O) groups excluding carboxylic acids is 1. The second kappa shape index (κ2) is 5.84. The lowest BCUT2D eigenvalue weighted by Gasteiger charge is -2.25. The van der Waals surface area contributed by atoms with Crippen LogP contribution in [0.2, 0.25) is 0 Å². The Balaban J connectivity index is 1.58. The smallest absolute Gasteiger partial charge is 0.264 e. The number of carbonyl (C=O) groups is 1. The van der Waals surface area contributed by atoms with Gasteiger partial charge in [0.2, 0.25) is 5.91 Å². The number of hydrogen-bond acceptors (Lipinski definition) is 4. The van der Waals surface area contributed by atoms with E-state index in [4.69, 9.17) is 0 Å². The Morgan fingerprint density at radius 3 is 3.00 bits per heavy atom. The van der Waals surface area contributed by atoms with E-state index in [0.717, 1.165) is 12.8 Å². The lowest BCUT2D eigenvalue weighted by atomic mass is 10.1. The number of likely N-dealkylation sites (N-methyl/N-ethyl adjacent to an activating group) is 1. The first kappa shape index (κ1) is 15.6. The molecule has 0 bridgehead atoms. The molecule has 1 unspecified atom stereocenters. The zero-order valence-electron chi connectivity index (χ0n) is 14.2. The fourth-order valence-corrected chi connectivity index (χ4v) is 3.55. The molecule has 0 N–H and O–H groups in total. The molecule has 2 heterocycles. The van der Waals surface area contributed by atoms with Crippen molar-refractivity contribution in [2.75, 3.05) is 7.05 Å². The number of aromatic nitrogens is 4. The van der Waals surface area contributed by atoms with Gasteiger partial charge in [-0.1, -0.05) is 24.3 Å². The Morgan fingerprint density at radius 2 is 2.16 bits per heavy atom. The highest BCUT2D eigenvalue weighted by atomic mass is 16.2. The molecule has 1 amide bonds. The highest BCUT2D eigenvalue weighted by Crippen LogP contribution is 2.34. The van der Waals surface area contributed by atoms with Gasteiger partial charge >= 0.3 is 0 Å². The molecule has 0 spiro atoms. The van der Waals surface area contributed by atoms with Crippen molar-refractivity contribution in [3.05, 3.63) is 58.3 Å². The van der Waals surface area contributed by atoms with E-state index in [1.54, 1.807) is 23.7 Å². The van der Waals surface area contributed by atoms with Crippen LogP contribution in [0, 0.1) is 0 Å². The predicted octanol–water partition coefficient (Wildman–Crippen LogP) is 1.28. The Labute approximate surface area is 144 Å². The number of rotatable bonds is 3. The topological polar surface area (TPSA) is 73.0 Å². The summed E-state index contributed by atoms with van der Waals surface area (Å²) in [6, 6.07) is 8.27. The van der Waals surface area contributed by atoms with Crippen molar-refractivity contribution in [1.82, 2.24) is 24.2 Å². The van der Waals surface area contributed by atoms with Crippen LogP contribution in [0.15, 0.2) is 41.6 Å². The average molecular weight is 337 g/mol. The molecule has 0 aliphatic heterocycles. The van der Waals surface area contributed by atoms with E-state index in [-0.39, 0.29) is 24.1 Å². The van der Waals surface area contributed by atoms with Crippen molar-refractivity contribution >= 4 is 16.9 Å². The van der Waals surface area contributed by atoms with E-state index >= 15 is 0 Å². The van der Waals surface area contributed by atoms with Crippen molar-refractivity contribution in [3.8, 4) is 0 Å². The number of aryl methyl sites for hydroxylation is 2. The minimum atomic E-state index is -0.244. The molecule has 1 aliphatic carbocycles. The van der Waals surface area contributed by atoms with Crippen molar-refractivity contribution in [3.63, 3.8) is 0 Å². The molecule has 7 nitrogen and oxygen atoms in total. The standard InChI is InChI=1S/C18H19N5O2/c1-21(15-8-7-12-5-3-4-6-13(12)15)16(24)10-23-11-19-17-14(18(23)25)9-20-22(17)2/h3-6,9,11,15H,7-8,10H2,1-2H3. The monoisotopic (exact) mass is 337 g/mol. The third-order valence-corrected chi connectivity index (χ3v) is 4.99. The molecule has 128 valence electrons. The number of hydrogen-bond donors (Lipinski definition) is 0. The molecule has 2 aromatic heterocycles. The van der Waals surface area contributed by atoms with E-state index in [9.17, 15) is 9.59 Å². The maximum absolute atomic E-state index is 12.7. The van der Waals surface area contributed by atoms with Gasteiger partial charge in [0.05, 0.1) is 12.2 Å². The number of fused-ring (bicyclic) bond motifs is 2. The van der Waals surface area contributed by atoms with Crippen molar-refractivity contribution in [2.24, 2.45) is 7.05 Å². The maximum atomic E-state index is 12.7. The summed E-state index contributed by atoms with van der Waals surface area (Å²) >= 11 is 0. The summed E-state index contributed by atoms with van der Waals surface area (Å²) in [5.41, 5.74) is 2.77. The maximum Gasteiger partial charge on any atom is 0.264 e. The van der Waals surface area contributed by atoms with Crippen LogP contribution in [0.1, 0.15) is 23.6 Å². The van der Waals surface area contributed by atoms with Gasteiger partial charge in [0, 0.05) is 14.1 Å². The molecule has 1 atom stereocenters. The Bertz CT molecular complexity index is 1020. The number of nitrogens with zero attached hydrogens (tertiary/aromatic N) is 5. The Morgan fingerprint density at radius 1 is 1.36 bits per heavy atom. The van der Waals surface area contributed by atoms with Crippen LogP contribution in [-0.4, -0.2) is 37.2 Å². The second-order valence-electron chi connectivity index (χ2n) is 6.44. The SMILES string of the molecule is CN(C(=O)Cn1cnc2c(cnn2C)c1=O)C1CCc2ccccc21. The zero-order valence-corrected chi connectivity index (χ0v) is 14.2. The first-order chi connectivity index (χ1) is 12.1. The predicted molar refractivity (Wildman–Crippen MR) is 93.0 cm³/mol. The molecule has 1 aromatic carbocycles.